The SMILES string of the molecule is COC(=O)C(C)Nc1ccc(C(N)=O)cc1N. The van der Waals surface area contributed by atoms with Gasteiger partial charge < -0.3 is 21.5 Å². The van der Waals surface area contributed by atoms with Crippen LogP contribution >= 0.6 is 0 Å². The van der Waals surface area contributed by atoms with E-state index in [-0.39, 0.29) is 0 Å². The summed E-state index contributed by atoms with van der Waals surface area (Å²) >= 11 is 0. The number of hydrogen-bond acceptors (Lipinski definition) is 5. The summed E-state index contributed by atoms with van der Waals surface area (Å²) in [4.78, 5) is 22.1. The first-order valence-electron chi connectivity index (χ1n) is 4.99. The lowest BCUT2D eigenvalue weighted by Gasteiger charge is -2.14. The van der Waals surface area contributed by atoms with Gasteiger partial charge in [-0.15, -0.1) is 0 Å². The summed E-state index contributed by atoms with van der Waals surface area (Å²) in [6.45, 7) is 1.65. The molecule has 0 aliphatic heterocycles. The number of amides is 1. The van der Waals surface area contributed by atoms with Gasteiger partial charge in [-0.25, -0.2) is 4.79 Å². The molecule has 0 spiro atoms. The Morgan fingerprint density at radius 1 is 1.41 bits per heavy atom. The average Bonchev–Trinajstić information content (AvgIpc) is 2.30. The number of nitrogens with one attached hydrogen (secondary N) is 1. The van der Waals surface area contributed by atoms with E-state index in [4.69, 9.17) is 11.5 Å². The van der Waals surface area contributed by atoms with Crippen molar-refractivity contribution in [1.82, 2.24) is 0 Å². The number of nitrogens with two attached hydrogens (primary N) is 2. The molecule has 0 saturated heterocycles. The van der Waals surface area contributed by atoms with E-state index in [0.29, 0.717) is 16.9 Å². The molecule has 1 aromatic rings. The van der Waals surface area contributed by atoms with Crippen molar-refractivity contribution in [2.45, 2.75) is 13.0 Å². The van der Waals surface area contributed by atoms with Crippen LogP contribution in [0.3, 0.4) is 0 Å². The molecule has 0 radical (unpaired) electrons. The molecular weight excluding hydrogens is 222 g/mol. The zero-order valence-electron chi connectivity index (χ0n) is 9.69. The van der Waals surface area contributed by atoms with Crippen LogP contribution < -0.4 is 16.8 Å². The van der Waals surface area contributed by atoms with E-state index >= 15 is 0 Å². The van der Waals surface area contributed by atoms with Crippen molar-refractivity contribution >= 4 is 23.3 Å². The quantitative estimate of drug-likeness (QED) is 0.517. The number of hydrogen-bond donors (Lipinski definition) is 3. The van der Waals surface area contributed by atoms with Crippen LogP contribution in [0.5, 0.6) is 0 Å². The fourth-order valence-electron chi connectivity index (χ4n) is 1.32. The van der Waals surface area contributed by atoms with Gasteiger partial charge >= 0.3 is 5.97 Å². The first-order chi connectivity index (χ1) is 7.95. The maximum atomic E-state index is 11.2. The van der Waals surface area contributed by atoms with Crippen molar-refractivity contribution < 1.29 is 14.3 Å². The van der Waals surface area contributed by atoms with Gasteiger partial charge in [0.05, 0.1) is 18.5 Å². The highest BCUT2D eigenvalue weighted by molar-refractivity contribution is 5.95. The number of benzene rings is 1. The van der Waals surface area contributed by atoms with Crippen molar-refractivity contribution in [3.63, 3.8) is 0 Å². The Bertz CT molecular complexity index is 446. The first kappa shape index (κ1) is 12.8. The molecule has 0 fully saturated rings. The van der Waals surface area contributed by atoms with E-state index in [0.717, 1.165) is 0 Å². The Balaban J connectivity index is 2.86. The number of ether oxygens (including phenoxy) is 1. The Morgan fingerprint density at radius 2 is 2.06 bits per heavy atom. The minimum Gasteiger partial charge on any atom is -0.467 e. The largest absolute Gasteiger partial charge is 0.467 e. The third-order valence-corrected chi connectivity index (χ3v) is 2.26. The van der Waals surface area contributed by atoms with E-state index in [9.17, 15) is 9.59 Å². The zero-order valence-corrected chi connectivity index (χ0v) is 9.69. The Morgan fingerprint density at radius 3 is 2.53 bits per heavy atom. The van der Waals surface area contributed by atoms with Gasteiger partial charge in [-0.2, -0.15) is 0 Å². The third-order valence-electron chi connectivity index (χ3n) is 2.26. The molecule has 0 aliphatic rings. The summed E-state index contributed by atoms with van der Waals surface area (Å²) in [5.41, 5.74) is 12.1. The normalized spacial score (nSPS) is 11.6. The topological polar surface area (TPSA) is 107 Å². The predicted octanol–water partition coefficient (Wildman–Crippen LogP) is 0.341. The van der Waals surface area contributed by atoms with Crippen LogP contribution in [-0.2, 0) is 9.53 Å². The lowest BCUT2D eigenvalue weighted by atomic mass is 10.1. The number of nitrogen functional groups attached to an aromatic ring is 1. The van der Waals surface area contributed by atoms with Crippen LogP contribution in [0.2, 0.25) is 0 Å². The van der Waals surface area contributed by atoms with Gasteiger partial charge in [0.15, 0.2) is 0 Å². The highest BCUT2D eigenvalue weighted by Crippen LogP contribution is 2.20. The van der Waals surface area contributed by atoms with Gasteiger partial charge in [-0.1, -0.05) is 0 Å². The maximum Gasteiger partial charge on any atom is 0.327 e. The van der Waals surface area contributed by atoms with Gasteiger partial charge in [0.25, 0.3) is 0 Å². The molecule has 6 heteroatoms. The lowest BCUT2D eigenvalue weighted by Crippen LogP contribution is -2.27. The van der Waals surface area contributed by atoms with Crippen molar-refractivity contribution in [2.75, 3.05) is 18.2 Å². The zero-order chi connectivity index (χ0) is 13.0. The molecule has 5 N–H and O–H groups in total. The van der Waals surface area contributed by atoms with Crippen molar-refractivity contribution in [3.8, 4) is 0 Å². The van der Waals surface area contributed by atoms with E-state index in [2.05, 4.69) is 10.1 Å². The Labute approximate surface area is 98.9 Å². The summed E-state index contributed by atoms with van der Waals surface area (Å²) in [5, 5.41) is 2.88. The van der Waals surface area contributed by atoms with E-state index in [1.165, 1.54) is 19.2 Å². The van der Waals surface area contributed by atoms with Gasteiger partial charge in [0.1, 0.15) is 6.04 Å². The molecule has 0 aromatic heterocycles. The summed E-state index contributed by atoms with van der Waals surface area (Å²) in [6.07, 6.45) is 0. The molecule has 1 atom stereocenters. The molecule has 1 aromatic carbocycles. The molecule has 0 heterocycles. The molecule has 0 saturated carbocycles. The molecule has 0 aliphatic carbocycles. The minimum absolute atomic E-state index is 0.318. The van der Waals surface area contributed by atoms with E-state index < -0.39 is 17.9 Å². The fraction of sp³-hybridized carbons (Fsp3) is 0.273. The number of methoxy groups -OCH3 is 1. The third kappa shape index (κ3) is 3.10. The fourth-order valence-corrected chi connectivity index (χ4v) is 1.32. The molecule has 1 rings (SSSR count). The van der Waals surface area contributed by atoms with Crippen LogP contribution in [0.15, 0.2) is 18.2 Å². The molecule has 1 amide bonds. The summed E-state index contributed by atoms with van der Waals surface area (Å²) < 4.78 is 4.57. The lowest BCUT2D eigenvalue weighted by molar-refractivity contribution is -0.141. The van der Waals surface area contributed by atoms with Crippen LogP contribution in [0.4, 0.5) is 11.4 Å². The Kier molecular flexibility index (Phi) is 3.92. The minimum atomic E-state index is -0.552. The average molecular weight is 237 g/mol. The monoisotopic (exact) mass is 237 g/mol. The molecule has 17 heavy (non-hydrogen) atoms. The second-order valence-electron chi connectivity index (χ2n) is 3.56. The molecule has 0 bridgehead atoms. The number of anilines is 2. The number of carbonyl (C=O) groups is 2. The van der Waals surface area contributed by atoms with Crippen LogP contribution in [0.1, 0.15) is 17.3 Å². The standard InChI is InChI=1S/C11H15N3O3/c1-6(11(16)17-2)14-9-4-3-7(10(13)15)5-8(9)12/h3-6,14H,12H2,1-2H3,(H2,13,15). The van der Waals surface area contributed by atoms with Crippen molar-refractivity contribution in [2.24, 2.45) is 5.73 Å². The van der Waals surface area contributed by atoms with Gasteiger partial charge in [0.2, 0.25) is 5.91 Å². The second-order valence-corrected chi connectivity index (χ2v) is 3.56. The predicted molar refractivity (Wildman–Crippen MR) is 64.5 cm³/mol. The van der Waals surface area contributed by atoms with Crippen molar-refractivity contribution in [3.05, 3.63) is 23.8 Å². The Hall–Kier alpha value is -2.24. The highest BCUT2D eigenvalue weighted by atomic mass is 16.5. The van der Waals surface area contributed by atoms with Crippen LogP contribution in [0.25, 0.3) is 0 Å². The molecule has 1 unspecified atom stereocenters. The summed E-state index contributed by atoms with van der Waals surface area (Å²) in [6, 6.07) is 4.05. The smallest absolute Gasteiger partial charge is 0.327 e. The van der Waals surface area contributed by atoms with E-state index in [1.54, 1.807) is 13.0 Å². The number of esters is 1. The van der Waals surface area contributed by atoms with Gasteiger partial charge in [0, 0.05) is 5.56 Å². The maximum absolute atomic E-state index is 11.2. The first-order valence-corrected chi connectivity index (χ1v) is 4.99. The molecular formula is C11H15N3O3. The highest BCUT2D eigenvalue weighted by Gasteiger charge is 2.14. The second kappa shape index (κ2) is 5.20. The van der Waals surface area contributed by atoms with Crippen LogP contribution in [0, 0.1) is 0 Å². The molecule has 92 valence electrons. The van der Waals surface area contributed by atoms with Crippen LogP contribution in [-0.4, -0.2) is 25.0 Å². The summed E-state index contributed by atoms with van der Waals surface area (Å²) in [5.74, 6) is -0.951. The molecule has 6 nitrogen and oxygen atoms in total. The summed E-state index contributed by atoms with van der Waals surface area (Å²) in [7, 11) is 1.31. The number of carbonyl (C=O) groups excluding carboxylic acids is 2. The number of primary amides is 1. The van der Waals surface area contributed by atoms with Gasteiger partial charge in [-0.05, 0) is 25.1 Å². The van der Waals surface area contributed by atoms with E-state index in [1.807, 2.05) is 0 Å². The van der Waals surface area contributed by atoms with Gasteiger partial charge in [-0.3, -0.25) is 4.79 Å². The van der Waals surface area contributed by atoms with Crippen molar-refractivity contribution in [1.29, 1.82) is 0 Å². The number of rotatable bonds is 4.